The number of halogens is 1. The third-order valence-electron chi connectivity index (χ3n) is 4.74. The Hall–Kier alpha value is -2.65. The van der Waals surface area contributed by atoms with Crippen LogP contribution in [-0.4, -0.2) is 10.8 Å². The highest BCUT2D eigenvalue weighted by atomic mass is 79.9. The van der Waals surface area contributed by atoms with Gasteiger partial charge in [0.05, 0.1) is 0 Å². The average molecular weight is 404 g/mol. The number of carbonyl (C=O) groups excluding carboxylic acids is 1. The van der Waals surface area contributed by atoms with E-state index in [0.29, 0.717) is 6.42 Å². The number of ketones is 1. The van der Waals surface area contributed by atoms with Gasteiger partial charge in [0, 0.05) is 39.5 Å². The van der Waals surface area contributed by atoms with E-state index in [4.69, 9.17) is 0 Å². The number of Topliss-reactive ketones (excluding diaryl/α,β-unsaturated/α-hetero) is 1. The molecule has 3 aromatic carbocycles. The minimum Gasteiger partial charge on any atom is -0.361 e. The van der Waals surface area contributed by atoms with E-state index in [0.717, 1.165) is 32.1 Å². The Kier molecular flexibility index (Phi) is 4.72. The van der Waals surface area contributed by atoms with E-state index < -0.39 is 0 Å². The molecule has 3 heteroatoms. The van der Waals surface area contributed by atoms with Crippen LogP contribution >= 0.6 is 15.9 Å². The number of benzene rings is 3. The molecule has 4 aromatic rings. The summed E-state index contributed by atoms with van der Waals surface area (Å²) in [5.41, 5.74) is 4.14. The second-order valence-corrected chi connectivity index (χ2v) is 7.31. The van der Waals surface area contributed by atoms with Crippen LogP contribution in [0.1, 0.15) is 33.8 Å². The Morgan fingerprint density at radius 3 is 2.35 bits per heavy atom. The maximum atomic E-state index is 12.9. The summed E-state index contributed by atoms with van der Waals surface area (Å²) in [4.78, 5) is 16.3. The summed E-state index contributed by atoms with van der Waals surface area (Å²) in [5, 5.41) is 1.15. The Morgan fingerprint density at radius 2 is 1.62 bits per heavy atom. The quantitative estimate of drug-likeness (QED) is 0.387. The summed E-state index contributed by atoms with van der Waals surface area (Å²) in [6, 6.07) is 26.0. The first-order valence-electron chi connectivity index (χ1n) is 8.62. The van der Waals surface area contributed by atoms with Crippen molar-refractivity contribution in [3.05, 3.63) is 106 Å². The first-order valence-corrected chi connectivity index (χ1v) is 9.41. The molecule has 1 aromatic heterocycles. The van der Waals surface area contributed by atoms with Crippen molar-refractivity contribution >= 4 is 32.6 Å². The zero-order chi connectivity index (χ0) is 17.9. The van der Waals surface area contributed by atoms with Gasteiger partial charge in [-0.25, -0.2) is 0 Å². The lowest BCUT2D eigenvalue weighted by Gasteiger charge is -2.17. The van der Waals surface area contributed by atoms with Crippen molar-refractivity contribution in [3.63, 3.8) is 0 Å². The van der Waals surface area contributed by atoms with Gasteiger partial charge >= 0.3 is 0 Å². The lowest BCUT2D eigenvalue weighted by atomic mass is 9.85. The Bertz CT molecular complexity index is 1040. The minimum absolute atomic E-state index is 0.00644. The fourth-order valence-corrected chi connectivity index (χ4v) is 3.78. The van der Waals surface area contributed by atoms with Gasteiger partial charge < -0.3 is 4.98 Å². The zero-order valence-electron chi connectivity index (χ0n) is 14.2. The van der Waals surface area contributed by atoms with Crippen molar-refractivity contribution in [1.82, 2.24) is 4.98 Å². The van der Waals surface area contributed by atoms with Crippen molar-refractivity contribution < 1.29 is 4.79 Å². The fourth-order valence-electron chi connectivity index (χ4n) is 3.42. The van der Waals surface area contributed by atoms with E-state index in [1.165, 1.54) is 0 Å². The molecule has 0 fully saturated rings. The highest BCUT2D eigenvalue weighted by molar-refractivity contribution is 9.10. The lowest BCUT2D eigenvalue weighted by Crippen LogP contribution is -2.09. The SMILES string of the molecule is O=C(C[C@H](c1ccccc1)c1c[nH]c2ccc(Br)cc12)c1ccccc1. The van der Waals surface area contributed by atoms with Crippen LogP contribution in [0.2, 0.25) is 0 Å². The molecule has 4 rings (SSSR count). The Morgan fingerprint density at radius 1 is 0.923 bits per heavy atom. The smallest absolute Gasteiger partial charge is 0.163 e. The number of aromatic amines is 1. The molecule has 0 amide bonds. The van der Waals surface area contributed by atoms with Gasteiger partial charge in [0.25, 0.3) is 0 Å². The van der Waals surface area contributed by atoms with Crippen LogP contribution in [0, 0.1) is 0 Å². The predicted molar refractivity (Wildman–Crippen MR) is 110 cm³/mol. The fraction of sp³-hybridized carbons (Fsp3) is 0.0870. The van der Waals surface area contributed by atoms with Crippen LogP contribution in [0.25, 0.3) is 10.9 Å². The standard InChI is InChI=1S/C23H18BrNO/c24-18-11-12-22-20(13-18)21(15-25-22)19(16-7-3-1-4-8-16)14-23(26)17-9-5-2-6-10-17/h1-13,15,19,25H,14H2/t19-/m1/s1. The molecule has 1 heterocycles. The molecule has 128 valence electrons. The molecule has 0 aliphatic carbocycles. The number of carbonyl (C=O) groups is 1. The molecule has 0 radical (unpaired) electrons. The normalized spacial score (nSPS) is 12.2. The highest BCUT2D eigenvalue weighted by Crippen LogP contribution is 2.35. The number of H-pyrrole nitrogens is 1. The molecule has 26 heavy (non-hydrogen) atoms. The summed E-state index contributed by atoms with van der Waals surface area (Å²) >= 11 is 3.56. The largest absolute Gasteiger partial charge is 0.361 e. The van der Waals surface area contributed by atoms with Gasteiger partial charge in [0.1, 0.15) is 0 Å². The third kappa shape index (κ3) is 3.35. The molecule has 1 N–H and O–H groups in total. The molecule has 0 bridgehead atoms. The lowest BCUT2D eigenvalue weighted by molar-refractivity contribution is 0.0978. The van der Waals surface area contributed by atoms with Crippen LogP contribution in [0.5, 0.6) is 0 Å². The van der Waals surface area contributed by atoms with Gasteiger partial charge in [0.2, 0.25) is 0 Å². The van der Waals surface area contributed by atoms with Gasteiger partial charge in [-0.15, -0.1) is 0 Å². The number of hydrogen-bond donors (Lipinski definition) is 1. The topological polar surface area (TPSA) is 32.9 Å². The van der Waals surface area contributed by atoms with Crippen molar-refractivity contribution in [2.45, 2.75) is 12.3 Å². The molecule has 0 aliphatic heterocycles. The van der Waals surface area contributed by atoms with E-state index in [1.54, 1.807) is 0 Å². The average Bonchev–Trinajstić information content (AvgIpc) is 3.10. The van der Waals surface area contributed by atoms with E-state index in [1.807, 2.05) is 60.8 Å². The highest BCUT2D eigenvalue weighted by Gasteiger charge is 2.22. The van der Waals surface area contributed by atoms with Crippen LogP contribution in [0.3, 0.4) is 0 Å². The zero-order valence-corrected chi connectivity index (χ0v) is 15.7. The second-order valence-electron chi connectivity index (χ2n) is 6.39. The van der Waals surface area contributed by atoms with Crippen LogP contribution < -0.4 is 0 Å². The molecule has 0 unspecified atom stereocenters. The maximum Gasteiger partial charge on any atom is 0.163 e. The summed E-state index contributed by atoms with van der Waals surface area (Å²) in [7, 11) is 0. The Labute approximate surface area is 161 Å². The molecule has 0 saturated heterocycles. The van der Waals surface area contributed by atoms with Crippen LogP contribution in [-0.2, 0) is 0 Å². The van der Waals surface area contributed by atoms with Crippen molar-refractivity contribution in [1.29, 1.82) is 0 Å². The van der Waals surface area contributed by atoms with E-state index in [2.05, 4.69) is 45.2 Å². The summed E-state index contributed by atoms with van der Waals surface area (Å²) in [6.45, 7) is 0. The predicted octanol–water partition coefficient (Wildman–Crippen LogP) is 6.34. The molecule has 2 nitrogen and oxygen atoms in total. The van der Waals surface area contributed by atoms with E-state index in [-0.39, 0.29) is 11.7 Å². The monoisotopic (exact) mass is 403 g/mol. The number of hydrogen-bond acceptors (Lipinski definition) is 1. The first-order chi connectivity index (χ1) is 12.7. The summed E-state index contributed by atoms with van der Waals surface area (Å²) in [5.74, 6) is 0.163. The number of fused-ring (bicyclic) bond motifs is 1. The Balaban J connectivity index is 1.78. The number of rotatable bonds is 5. The van der Waals surface area contributed by atoms with Gasteiger partial charge in [-0.2, -0.15) is 0 Å². The van der Waals surface area contributed by atoms with Gasteiger partial charge in [0.15, 0.2) is 5.78 Å². The van der Waals surface area contributed by atoms with Crippen LogP contribution in [0.4, 0.5) is 0 Å². The van der Waals surface area contributed by atoms with E-state index in [9.17, 15) is 4.79 Å². The van der Waals surface area contributed by atoms with Crippen LogP contribution in [0.15, 0.2) is 89.5 Å². The summed E-state index contributed by atoms with van der Waals surface area (Å²) < 4.78 is 1.03. The van der Waals surface area contributed by atoms with Crippen molar-refractivity contribution in [3.8, 4) is 0 Å². The van der Waals surface area contributed by atoms with E-state index >= 15 is 0 Å². The molecular formula is C23H18BrNO. The van der Waals surface area contributed by atoms with Gasteiger partial charge in [-0.3, -0.25) is 4.79 Å². The van der Waals surface area contributed by atoms with Gasteiger partial charge in [-0.1, -0.05) is 76.6 Å². The molecule has 0 saturated carbocycles. The first kappa shape index (κ1) is 16.8. The maximum absolute atomic E-state index is 12.9. The number of aromatic nitrogens is 1. The van der Waals surface area contributed by atoms with Crippen molar-refractivity contribution in [2.24, 2.45) is 0 Å². The molecule has 1 atom stereocenters. The second kappa shape index (κ2) is 7.30. The van der Waals surface area contributed by atoms with Crippen molar-refractivity contribution in [2.75, 3.05) is 0 Å². The molecular weight excluding hydrogens is 386 g/mol. The summed E-state index contributed by atoms with van der Waals surface area (Å²) in [6.07, 6.45) is 2.47. The minimum atomic E-state index is 0.00644. The van der Waals surface area contributed by atoms with Gasteiger partial charge in [-0.05, 0) is 29.3 Å². The number of nitrogens with one attached hydrogen (secondary N) is 1. The molecule has 0 aliphatic rings. The third-order valence-corrected chi connectivity index (χ3v) is 5.23. The molecule has 0 spiro atoms.